The topological polar surface area (TPSA) is 0 Å². The van der Waals surface area contributed by atoms with Gasteiger partial charge in [0.05, 0.1) is 5.02 Å². The number of rotatable bonds is 0. The van der Waals surface area contributed by atoms with Crippen LogP contribution in [0.15, 0.2) is 21.1 Å². The minimum Gasteiger partial charge on any atom is -0.0831 e. The first-order valence-corrected chi connectivity index (χ1v) is 5.45. The smallest absolute Gasteiger partial charge is 0.0562 e. The molecule has 54 valence electrons. The molecule has 0 fully saturated rings. The van der Waals surface area contributed by atoms with Gasteiger partial charge in [-0.1, -0.05) is 27.5 Å². The second-order valence-electron chi connectivity index (χ2n) is 1.68. The van der Waals surface area contributed by atoms with Gasteiger partial charge >= 0.3 is 0 Å². The van der Waals surface area contributed by atoms with Gasteiger partial charge in [0.15, 0.2) is 0 Å². The Morgan fingerprint density at radius 1 is 1.30 bits per heavy atom. The maximum Gasteiger partial charge on any atom is 0.0562 e. The van der Waals surface area contributed by atoms with Crippen LogP contribution in [0.3, 0.4) is 0 Å². The molecule has 0 N–H and O–H groups in total. The SMILES string of the molecule is Clc1cc(Br)cc(Br)c1I. The second kappa shape index (κ2) is 3.74. The highest BCUT2D eigenvalue weighted by atomic mass is 127. The third kappa shape index (κ3) is 2.09. The zero-order valence-corrected chi connectivity index (χ0v) is 10.8. The summed E-state index contributed by atoms with van der Waals surface area (Å²) in [6, 6.07) is 3.84. The van der Waals surface area contributed by atoms with Gasteiger partial charge in [-0.25, -0.2) is 0 Å². The molecule has 4 heteroatoms. The molecule has 0 aromatic heterocycles. The molecule has 0 heterocycles. The molecular formula is C6H2Br2ClI. The van der Waals surface area contributed by atoms with Crippen molar-refractivity contribution in [2.24, 2.45) is 0 Å². The van der Waals surface area contributed by atoms with Crippen LogP contribution in [0.25, 0.3) is 0 Å². The quantitative estimate of drug-likeness (QED) is 0.345. The molecule has 0 saturated carbocycles. The first-order chi connectivity index (χ1) is 4.61. The molecule has 0 aliphatic carbocycles. The molecule has 0 nitrogen and oxygen atoms in total. The summed E-state index contributed by atoms with van der Waals surface area (Å²) in [6.45, 7) is 0. The third-order valence-corrected chi connectivity index (χ3v) is 4.55. The van der Waals surface area contributed by atoms with Crippen LogP contribution in [0.2, 0.25) is 5.02 Å². The van der Waals surface area contributed by atoms with E-state index in [9.17, 15) is 0 Å². The van der Waals surface area contributed by atoms with Crippen LogP contribution >= 0.6 is 66.1 Å². The summed E-state index contributed by atoms with van der Waals surface area (Å²) < 4.78 is 3.06. The molecule has 0 spiro atoms. The average molecular weight is 396 g/mol. The van der Waals surface area contributed by atoms with Crippen molar-refractivity contribution in [3.05, 3.63) is 29.7 Å². The highest BCUT2D eigenvalue weighted by Crippen LogP contribution is 2.30. The molecule has 0 bridgehead atoms. The number of benzene rings is 1. The summed E-state index contributed by atoms with van der Waals surface area (Å²) in [7, 11) is 0. The summed E-state index contributed by atoms with van der Waals surface area (Å²) in [6.07, 6.45) is 0. The average Bonchev–Trinajstić information content (AvgIpc) is 1.82. The Bertz CT molecular complexity index is 239. The normalized spacial score (nSPS) is 10.0. The van der Waals surface area contributed by atoms with E-state index in [1.54, 1.807) is 0 Å². The van der Waals surface area contributed by atoms with Crippen LogP contribution in [0.4, 0.5) is 0 Å². The van der Waals surface area contributed by atoms with Gasteiger partial charge < -0.3 is 0 Å². The summed E-state index contributed by atoms with van der Waals surface area (Å²) in [5.41, 5.74) is 0. The zero-order valence-electron chi connectivity index (χ0n) is 4.67. The second-order valence-corrected chi connectivity index (χ2v) is 4.94. The summed E-state index contributed by atoms with van der Waals surface area (Å²) in [5.74, 6) is 0. The van der Waals surface area contributed by atoms with Crippen molar-refractivity contribution in [3.8, 4) is 0 Å². The Hall–Kier alpha value is 1.20. The Balaban J connectivity index is 3.31. The maximum atomic E-state index is 5.85. The lowest BCUT2D eigenvalue weighted by molar-refractivity contribution is 1.55. The molecule has 0 amide bonds. The fourth-order valence-electron chi connectivity index (χ4n) is 0.525. The van der Waals surface area contributed by atoms with Crippen LogP contribution in [0.1, 0.15) is 0 Å². The van der Waals surface area contributed by atoms with Gasteiger partial charge in [0.25, 0.3) is 0 Å². The van der Waals surface area contributed by atoms with Gasteiger partial charge in [0.2, 0.25) is 0 Å². The maximum absolute atomic E-state index is 5.85. The fourth-order valence-corrected chi connectivity index (χ4v) is 2.53. The summed E-state index contributed by atoms with van der Waals surface area (Å²) in [5, 5.41) is 0.766. The van der Waals surface area contributed by atoms with Crippen molar-refractivity contribution < 1.29 is 0 Å². The van der Waals surface area contributed by atoms with Gasteiger partial charge in [-0.05, 0) is 50.7 Å². The van der Waals surface area contributed by atoms with E-state index in [2.05, 4.69) is 54.5 Å². The predicted molar refractivity (Wildman–Crippen MR) is 59.6 cm³/mol. The minimum atomic E-state index is 0.766. The Kier molecular flexibility index (Phi) is 3.47. The van der Waals surface area contributed by atoms with Crippen molar-refractivity contribution in [1.82, 2.24) is 0 Å². The van der Waals surface area contributed by atoms with Crippen LogP contribution in [-0.4, -0.2) is 0 Å². The van der Waals surface area contributed by atoms with Crippen molar-refractivity contribution in [2.75, 3.05) is 0 Å². The molecule has 1 aromatic rings. The Morgan fingerprint density at radius 3 is 2.40 bits per heavy atom. The number of halogens is 4. The van der Waals surface area contributed by atoms with Gasteiger partial charge in [0, 0.05) is 12.5 Å². The van der Waals surface area contributed by atoms with Crippen LogP contribution in [-0.2, 0) is 0 Å². The first-order valence-electron chi connectivity index (χ1n) is 2.41. The molecule has 10 heavy (non-hydrogen) atoms. The molecule has 1 rings (SSSR count). The van der Waals surface area contributed by atoms with Gasteiger partial charge in [0.1, 0.15) is 0 Å². The molecule has 0 atom stereocenters. The highest BCUT2D eigenvalue weighted by molar-refractivity contribution is 14.1. The Morgan fingerprint density at radius 2 is 1.90 bits per heavy atom. The molecule has 1 aromatic carbocycles. The van der Waals surface area contributed by atoms with E-state index in [0.717, 1.165) is 17.5 Å². The largest absolute Gasteiger partial charge is 0.0831 e. The van der Waals surface area contributed by atoms with Crippen molar-refractivity contribution in [3.63, 3.8) is 0 Å². The molecule has 0 aliphatic heterocycles. The number of hydrogen-bond acceptors (Lipinski definition) is 0. The van der Waals surface area contributed by atoms with E-state index in [0.29, 0.717) is 0 Å². The standard InChI is InChI=1S/C6H2Br2ClI/c7-3-1-4(8)6(10)5(9)2-3/h1-2H. The zero-order chi connectivity index (χ0) is 7.72. The van der Waals surface area contributed by atoms with E-state index in [1.165, 1.54) is 0 Å². The molecule has 0 radical (unpaired) electrons. The highest BCUT2D eigenvalue weighted by Gasteiger charge is 2.01. The van der Waals surface area contributed by atoms with Crippen LogP contribution in [0.5, 0.6) is 0 Å². The summed E-state index contributed by atoms with van der Waals surface area (Å²) >= 11 is 14.7. The van der Waals surface area contributed by atoms with E-state index in [1.807, 2.05) is 12.1 Å². The van der Waals surface area contributed by atoms with E-state index >= 15 is 0 Å². The monoisotopic (exact) mass is 394 g/mol. The molecule has 0 aliphatic rings. The van der Waals surface area contributed by atoms with E-state index in [-0.39, 0.29) is 0 Å². The lowest BCUT2D eigenvalue weighted by Gasteiger charge is -1.98. The summed E-state index contributed by atoms with van der Waals surface area (Å²) in [4.78, 5) is 0. The Labute approximate surface area is 94.7 Å². The lowest BCUT2D eigenvalue weighted by Crippen LogP contribution is -1.76. The third-order valence-electron chi connectivity index (χ3n) is 0.949. The van der Waals surface area contributed by atoms with E-state index < -0.39 is 0 Å². The first kappa shape index (κ1) is 9.29. The van der Waals surface area contributed by atoms with Crippen LogP contribution < -0.4 is 0 Å². The fraction of sp³-hybridized carbons (Fsp3) is 0. The van der Waals surface area contributed by atoms with E-state index in [4.69, 9.17) is 11.6 Å². The van der Waals surface area contributed by atoms with Gasteiger partial charge in [-0.15, -0.1) is 0 Å². The van der Waals surface area contributed by atoms with Gasteiger partial charge in [-0.2, -0.15) is 0 Å². The predicted octanol–water partition coefficient (Wildman–Crippen LogP) is 4.47. The number of hydrogen-bond donors (Lipinski definition) is 0. The van der Waals surface area contributed by atoms with Gasteiger partial charge in [-0.3, -0.25) is 0 Å². The molecular weight excluding hydrogens is 394 g/mol. The van der Waals surface area contributed by atoms with Crippen molar-refractivity contribution in [1.29, 1.82) is 0 Å². The minimum absolute atomic E-state index is 0.766. The molecule has 0 unspecified atom stereocenters. The van der Waals surface area contributed by atoms with Crippen molar-refractivity contribution in [2.45, 2.75) is 0 Å². The van der Waals surface area contributed by atoms with Crippen molar-refractivity contribution >= 4 is 66.1 Å². The molecule has 0 saturated heterocycles. The van der Waals surface area contributed by atoms with Crippen LogP contribution in [0, 0.1) is 3.57 Å². The lowest BCUT2D eigenvalue weighted by atomic mass is 10.4.